The van der Waals surface area contributed by atoms with Crippen LogP contribution < -0.4 is 4.72 Å². The molecule has 7 nitrogen and oxygen atoms in total. The molecule has 1 atom stereocenters. The van der Waals surface area contributed by atoms with Crippen LogP contribution in [0.2, 0.25) is 0 Å². The molecule has 0 unspecified atom stereocenters. The molecule has 1 rings (SSSR count). The van der Waals surface area contributed by atoms with Crippen molar-refractivity contribution in [3.8, 4) is 0 Å². The lowest BCUT2D eigenvalue weighted by Gasteiger charge is -2.10. The van der Waals surface area contributed by atoms with Crippen LogP contribution in [-0.4, -0.2) is 40.2 Å². The lowest BCUT2D eigenvalue weighted by Crippen LogP contribution is -2.38. The molecule has 0 aliphatic heterocycles. The molecule has 0 bridgehead atoms. The molecule has 0 aromatic heterocycles. The van der Waals surface area contributed by atoms with Crippen LogP contribution in [0.25, 0.3) is 0 Å². The Morgan fingerprint density at radius 1 is 1.20 bits per heavy atom. The van der Waals surface area contributed by atoms with Crippen molar-refractivity contribution in [2.45, 2.75) is 23.6 Å². The zero-order valence-corrected chi connectivity index (χ0v) is 12.5. The van der Waals surface area contributed by atoms with Crippen molar-refractivity contribution in [1.29, 1.82) is 0 Å². The van der Waals surface area contributed by atoms with Crippen LogP contribution in [0.3, 0.4) is 0 Å². The molecule has 0 saturated heterocycles. The molecule has 0 aliphatic carbocycles. The van der Waals surface area contributed by atoms with E-state index in [1.165, 1.54) is 31.2 Å². The Balaban J connectivity index is 2.95. The van der Waals surface area contributed by atoms with Gasteiger partial charge < -0.3 is 5.11 Å². The summed E-state index contributed by atoms with van der Waals surface area (Å²) in [5, 5.41) is 8.67. The van der Waals surface area contributed by atoms with Gasteiger partial charge >= 0.3 is 5.97 Å². The summed E-state index contributed by atoms with van der Waals surface area (Å²) >= 11 is 0. The zero-order valence-electron chi connectivity index (χ0n) is 10.9. The lowest BCUT2D eigenvalue weighted by atomic mass is 10.2. The normalized spacial score (nSPS) is 13.9. The molecule has 20 heavy (non-hydrogen) atoms. The second-order valence-corrected chi connectivity index (χ2v) is 8.25. The Morgan fingerprint density at radius 2 is 1.70 bits per heavy atom. The highest BCUT2D eigenvalue weighted by Crippen LogP contribution is 2.13. The second kappa shape index (κ2) is 5.90. The summed E-state index contributed by atoms with van der Waals surface area (Å²) in [6.07, 6.45) is 1.08. The molecular weight excluding hydrogens is 306 g/mol. The molecule has 9 heteroatoms. The molecule has 1 aromatic rings. The van der Waals surface area contributed by atoms with Crippen molar-refractivity contribution in [1.82, 2.24) is 4.72 Å². The topological polar surface area (TPSA) is 118 Å². The minimum absolute atomic E-state index is 0.122. The Bertz CT molecular complexity index is 691. The largest absolute Gasteiger partial charge is 0.480 e. The molecule has 0 fully saturated rings. The van der Waals surface area contributed by atoms with E-state index in [0.717, 1.165) is 6.26 Å². The van der Waals surface area contributed by atoms with E-state index in [9.17, 15) is 21.6 Å². The number of sulfonamides is 1. The van der Waals surface area contributed by atoms with Crippen LogP contribution in [0.1, 0.15) is 12.5 Å². The monoisotopic (exact) mass is 321 g/mol. The fraction of sp³-hybridized carbons (Fsp3) is 0.364. The molecule has 0 heterocycles. The number of sulfone groups is 1. The maximum atomic E-state index is 11.9. The van der Waals surface area contributed by atoms with Gasteiger partial charge in [-0.2, -0.15) is 4.72 Å². The van der Waals surface area contributed by atoms with Gasteiger partial charge in [0.1, 0.15) is 6.04 Å². The highest BCUT2D eigenvalue weighted by Gasteiger charge is 2.21. The fourth-order valence-corrected chi connectivity index (χ4v) is 3.41. The summed E-state index contributed by atoms with van der Waals surface area (Å²) in [5.74, 6) is -1.48. The van der Waals surface area contributed by atoms with Gasteiger partial charge in [-0.3, -0.25) is 4.79 Å². The first kappa shape index (κ1) is 16.6. The van der Waals surface area contributed by atoms with Gasteiger partial charge in [0.2, 0.25) is 10.0 Å². The summed E-state index contributed by atoms with van der Waals surface area (Å²) in [7, 11) is -7.14. The number of hydrogen-bond acceptors (Lipinski definition) is 5. The van der Waals surface area contributed by atoms with E-state index < -0.39 is 31.9 Å². The van der Waals surface area contributed by atoms with Crippen molar-refractivity contribution >= 4 is 25.8 Å². The third-order valence-electron chi connectivity index (χ3n) is 2.36. The predicted octanol–water partition coefficient (Wildman–Crippen LogP) is -0.0174. The van der Waals surface area contributed by atoms with Crippen molar-refractivity contribution in [3.05, 3.63) is 29.8 Å². The number of aliphatic carboxylic acids is 1. The van der Waals surface area contributed by atoms with Gasteiger partial charge in [-0.05, 0) is 24.6 Å². The van der Waals surface area contributed by atoms with E-state index in [4.69, 9.17) is 5.11 Å². The number of benzene rings is 1. The molecule has 0 amide bonds. The summed E-state index contributed by atoms with van der Waals surface area (Å²) in [6.45, 7) is 1.21. The molecule has 0 saturated carbocycles. The van der Waals surface area contributed by atoms with Gasteiger partial charge in [0.05, 0.1) is 10.6 Å². The van der Waals surface area contributed by atoms with E-state index in [1.54, 1.807) is 0 Å². The number of carboxylic acid groups (broad SMARTS) is 1. The average Bonchev–Trinajstić information content (AvgIpc) is 2.26. The fourth-order valence-electron chi connectivity index (χ4n) is 1.42. The van der Waals surface area contributed by atoms with E-state index >= 15 is 0 Å². The SMILES string of the molecule is C[C@@H](NS(=O)(=O)c1ccc(CS(C)(=O)=O)cc1)C(=O)O. The van der Waals surface area contributed by atoms with Crippen molar-refractivity contribution in [3.63, 3.8) is 0 Å². The molecule has 2 N–H and O–H groups in total. The van der Waals surface area contributed by atoms with E-state index in [-0.39, 0.29) is 10.6 Å². The van der Waals surface area contributed by atoms with Crippen LogP contribution in [0.4, 0.5) is 0 Å². The van der Waals surface area contributed by atoms with Crippen LogP contribution in [0.15, 0.2) is 29.2 Å². The van der Waals surface area contributed by atoms with Crippen LogP contribution in [0.5, 0.6) is 0 Å². The Labute approximate surface area is 117 Å². The molecule has 1 aromatic carbocycles. The number of nitrogens with one attached hydrogen (secondary N) is 1. The first-order chi connectivity index (χ1) is 9.01. The van der Waals surface area contributed by atoms with Crippen molar-refractivity contribution < 1.29 is 26.7 Å². The summed E-state index contributed by atoms with van der Waals surface area (Å²) in [4.78, 5) is 10.5. The maximum absolute atomic E-state index is 11.9. The summed E-state index contributed by atoms with van der Waals surface area (Å²) < 4.78 is 47.9. The summed E-state index contributed by atoms with van der Waals surface area (Å²) in [5.41, 5.74) is 0.456. The number of rotatable bonds is 6. The minimum atomic E-state index is -3.95. The first-order valence-corrected chi connectivity index (χ1v) is 9.07. The first-order valence-electron chi connectivity index (χ1n) is 5.53. The van der Waals surface area contributed by atoms with Crippen LogP contribution in [-0.2, 0) is 30.4 Å². The van der Waals surface area contributed by atoms with E-state index in [2.05, 4.69) is 0 Å². The average molecular weight is 321 g/mol. The third kappa shape index (κ3) is 4.91. The van der Waals surface area contributed by atoms with Crippen LogP contribution >= 0.6 is 0 Å². The minimum Gasteiger partial charge on any atom is -0.480 e. The number of hydrogen-bond donors (Lipinski definition) is 2. The number of carboxylic acids is 1. The van der Waals surface area contributed by atoms with Crippen molar-refractivity contribution in [2.24, 2.45) is 0 Å². The Kier molecular flexibility index (Phi) is 4.90. The standard InChI is InChI=1S/C11H15NO6S2/c1-8(11(13)14)12-20(17,18)10-5-3-9(4-6-10)7-19(2,15)16/h3-6,8,12H,7H2,1-2H3,(H,13,14)/t8-/m1/s1. The van der Waals surface area contributed by atoms with Gasteiger partial charge in [-0.1, -0.05) is 12.1 Å². The van der Waals surface area contributed by atoms with E-state index in [1.807, 2.05) is 4.72 Å². The highest BCUT2D eigenvalue weighted by molar-refractivity contribution is 7.90. The van der Waals surface area contributed by atoms with Gasteiger partial charge in [0.25, 0.3) is 0 Å². The Hall–Kier alpha value is -1.45. The van der Waals surface area contributed by atoms with Crippen molar-refractivity contribution in [2.75, 3.05) is 6.26 Å². The highest BCUT2D eigenvalue weighted by atomic mass is 32.2. The van der Waals surface area contributed by atoms with E-state index in [0.29, 0.717) is 5.56 Å². The quantitative estimate of drug-likeness (QED) is 0.760. The number of carbonyl (C=O) groups is 1. The second-order valence-electron chi connectivity index (χ2n) is 4.40. The summed E-state index contributed by atoms with van der Waals surface area (Å²) in [6, 6.07) is 3.97. The molecule has 0 aliphatic rings. The van der Waals surface area contributed by atoms with Crippen LogP contribution in [0, 0.1) is 0 Å². The third-order valence-corrected chi connectivity index (χ3v) is 4.78. The van der Waals surface area contributed by atoms with Gasteiger partial charge in [-0.15, -0.1) is 0 Å². The molecular formula is C11H15NO6S2. The zero-order chi connectivity index (χ0) is 15.6. The smallest absolute Gasteiger partial charge is 0.321 e. The van der Waals surface area contributed by atoms with Gasteiger partial charge in [0, 0.05) is 6.26 Å². The predicted molar refractivity (Wildman–Crippen MR) is 72.4 cm³/mol. The molecule has 0 spiro atoms. The van der Waals surface area contributed by atoms with Gasteiger partial charge in [-0.25, -0.2) is 16.8 Å². The lowest BCUT2D eigenvalue weighted by molar-refractivity contribution is -0.138. The van der Waals surface area contributed by atoms with Gasteiger partial charge in [0.15, 0.2) is 9.84 Å². The Morgan fingerprint density at radius 3 is 2.10 bits per heavy atom. The molecule has 0 radical (unpaired) electrons. The maximum Gasteiger partial charge on any atom is 0.321 e. The molecule has 112 valence electrons.